The summed E-state index contributed by atoms with van der Waals surface area (Å²) in [7, 11) is 1.45. The lowest BCUT2D eigenvalue weighted by Crippen LogP contribution is -2.54. The van der Waals surface area contributed by atoms with Crippen molar-refractivity contribution >= 4 is 23.5 Å². The Morgan fingerprint density at radius 2 is 1.86 bits per heavy atom. The molecule has 226 valence electrons. The Balaban J connectivity index is 1.21. The molecular formula is C28H33F3N6O5. The quantitative estimate of drug-likeness (QED) is 0.387. The number of aryl methyl sites for hydroxylation is 1. The number of hydrogen-bond acceptors (Lipinski definition) is 7. The molecule has 2 saturated carbocycles. The lowest BCUT2D eigenvalue weighted by atomic mass is 9.88. The van der Waals surface area contributed by atoms with Crippen molar-refractivity contribution in [2.45, 2.75) is 69.2 Å². The number of alkyl halides is 3. The molecule has 14 heteroatoms. The molecule has 3 aliphatic carbocycles. The predicted octanol–water partition coefficient (Wildman–Crippen LogP) is 2.99. The number of carbonyl (C=O) groups excluding carboxylic acids is 3. The largest absolute Gasteiger partial charge is 0.410 e. The summed E-state index contributed by atoms with van der Waals surface area (Å²) in [5.74, 6) is -0.180. The number of rotatable bonds is 10. The molecule has 1 aliphatic heterocycles. The second kappa shape index (κ2) is 10.5. The zero-order valence-corrected chi connectivity index (χ0v) is 23.3. The van der Waals surface area contributed by atoms with E-state index in [9.17, 15) is 27.6 Å². The Morgan fingerprint density at radius 3 is 2.43 bits per heavy atom. The highest BCUT2D eigenvalue weighted by molar-refractivity contribution is 6.01. The fourth-order valence-electron chi connectivity index (χ4n) is 6.68. The molecule has 1 saturated heterocycles. The molecule has 0 radical (unpaired) electrons. The summed E-state index contributed by atoms with van der Waals surface area (Å²) >= 11 is 0. The van der Waals surface area contributed by atoms with Crippen LogP contribution in [0.3, 0.4) is 0 Å². The van der Waals surface area contributed by atoms with Crippen molar-refractivity contribution in [3.63, 3.8) is 0 Å². The van der Waals surface area contributed by atoms with E-state index in [-0.39, 0.29) is 30.5 Å². The molecule has 2 unspecified atom stereocenters. The molecule has 3 atom stereocenters. The van der Waals surface area contributed by atoms with Gasteiger partial charge in [-0.15, -0.1) is 0 Å². The zero-order chi connectivity index (χ0) is 29.8. The van der Waals surface area contributed by atoms with E-state index in [1.54, 1.807) is 19.1 Å². The number of methoxy groups -OCH3 is 1. The van der Waals surface area contributed by atoms with E-state index in [0.29, 0.717) is 29.6 Å². The van der Waals surface area contributed by atoms with Crippen LogP contribution in [0.15, 0.2) is 22.8 Å². The molecule has 1 aromatic carbocycles. The summed E-state index contributed by atoms with van der Waals surface area (Å²) in [4.78, 5) is 40.7. The number of nitrogens with zero attached hydrogens (tertiary/aromatic N) is 3. The third kappa shape index (κ3) is 5.43. The van der Waals surface area contributed by atoms with Crippen molar-refractivity contribution < 1.29 is 36.9 Å². The predicted molar refractivity (Wildman–Crippen MR) is 141 cm³/mol. The number of anilines is 1. The highest BCUT2D eigenvalue weighted by Crippen LogP contribution is 2.51. The van der Waals surface area contributed by atoms with Crippen LogP contribution >= 0.6 is 0 Å². The molecule has 4 aliphatic rings. The molecule has 1 aromatic heterocycles. The molecule has 6 rings (SSSR count). The highest BCUT2D eigenvalue weighted by atomic mass is 19.4. The number of benzene rings is 1. The van der Waals surface area contributed by atoms with Gasteiger partial charge in [0.2, 0.25) is 5.91 Å². The van der Waals surface area contributed by atoms with Gasteiger partial charge in [-0.3, -0.25) is 9.59 Å². The maximum absolute atomic E-state index is 13.7. The molecular weight excluding hydrogens is 557 g/mol. The average Bonchev–Trinajstić information content (AvgIpc) is 3.83. The zero-order valence-electron chi connectivity index (χ0n) is 23.3. The second-order valence-corrected chi connectivity index (χ2v) is 12.0. The van der Waals surface area contributed by atoms with Crippen LogP contribution in [0.2, 0.25) is 0 Å². The van der Waals surface area contributed by atoms with Gasteiger partial charge in [0.1, 0.15) is 17.8 Å². The van der Waals surface area contributed by atoms with Crippen LogP contribution in [0.1, 0.15) is 53.0 Å². The van der Waals surface area contributed by atoms with Gasteiger partial charge in [0.05, 0.1) is 18.7 Å². The first-order chi connectivity index (χ1) is 20.0. The standard InChI is InChI=1S/C28H33F3N6O5/c1-14-22(36-42-35-14)24(38)34-23(21(15-3-4-15)16-5-6-16)25(39)32-19-8-7-17-10-27(13-41-2,11-18(17)9-19)37-12-20(28(29,30)31)33-26(37)40/h7-9,15-16,20-21,23H,3-6,10-13H2,1-2H3,(H,32,39)(H,33,40)(H,34,38)/t20?,23-,27?/m0/s1. The molecule has 11 nitrogen and oxygen atoms in total. The maximum atomic E-state index is 13.7. The third-order valence-corrected chi connectivity index (χ3v) is 8.96. The monoisotopic (exact) mass is 590 g/mol. The van der Waals surface area contributed by atoms with Crippen molar-refractivity contribution in [2.24, 2.45) is 17.8 Å². The van der Waals surface area contributed by atoms with Crippen molar-refractivity contribution in [3.05, 3.63) is 40.7 Å². The molecule has 4 amide bonds. The summed E-state index contributed by atoms with van der Waals surface area (Å²) in [6.45, 7) is 1.15. The van der Waals surface area contributed by atoms with E-state index < -0.39 is 42.3 Å². The maximum Gasteiger partial charge on any atom is 0.410 e. The van der Waals surface area contributed by atoms with Gasteiger partial charge in [-0.1, -0.05) is 11.2 Å². The number of hydrogen-bond donors (Lipinski definition) is 3. The molecule has 42 heavy (non-hydrogen) atoms. The highest BCUT2D eigenvalue weighted by Gasteiger charge is 2.54. The van der Waals surface area contributed by atoms with Crippen LogP contribution in [0.5, 0.6) is 0 Å². The average molecular weight is 591 g/mol. The van der Waals surface area contributed by atoms with Crippen molar-refractivity contribution in [1.29, 1.82) is 0 Å². The smallest absolute Gasteiger partial charge is 0.382 e. The molecule has 2 heterocycles. The number of halogens is 3. The number of carbonyl (C=O) groups is 3. The van der Waals surface area contributed by atoms with E-state index >= 15 is 0 Å². The van der Waals surface area contributed by atoms with Crippen LogP contribution in [-0.4, -0.2) is 77.1 Å². The minimum Gasteiger partial charge on any atom is -0.382 e. The Hall–Kier alpha value is -3.68. The van der Waals surface area contributed by atoms with E-state index in [1.807, 2.05) is 11.4 Å². The number of fused-ring (bicyclic) bond motifs is 1. The third-order valence-electron chi connectivity index (χ3n) is 8.96. The van der Waals surface area contributed by atoms with Crippen LogP contribution in [0, 0.1) is 24.7 Å². The summed E-state index contributed by atoms with van der Waals surface area (Å²) in [5, 5.41) is 15.2. The fourth-order valence-corrected chi connectivity index (χ4v) is 6.68. The topological polar surface area (TPSA) is 139 Å². The first kappa shape index (κ1) is 28.4. The van der Waals surface area contributed by atoms with Gasteiger partial charge in [0.25, 0.3) is 5.91 Å². The van der Waals surface area contributed by atoms with Crippen molar-refractivity contribution in [3.8, 4) is 0 Å². The minimum atomic E-state index is -4.56. The summed E-state index contributed by atoms with van der Waals surface area (Å²) in [6.07, 6.45) is 0.0440. The van der Waals surface area contributed by atoms with Crippen LogP contribution in [0.25, 0.3) is 0 Å². The van der Waals surface area contributed by atoms with E-state index in [4.69, 9.17) is 4.74 Å². The van der Waals surface area contributed by atoms with Gasteiger partial charge in [0, 0.05) is 12.8 Å². The summed E-state index contributed by atoms with van der Waals surface area (Å²) in [6, 6.07) is 1.81. The Kier molecular flexibility index (Phi) is 7.14. The first-order valence-electron chi connectivity index (χ1n) is 14.2. The number of amides is 4. The number of ether oxygens (including phenoxy) is 1. The summed E-state index contributed by atoms with van der Waals surface area (Å²) < 4.78 is 50.3. The van der Waals surface area contributed by atoms with Crippen LogP contribution in [-0.2, 0) is 22.4 Å². The molecule has 3 N–H and O–H groups in total. The van der Waals surface area contributed by atoms with Gasteiger partial charge in [0.15, 0.2) is 5.69 Å². The fraction of sp³-hybridized carbons (Fsp3) is 0.607. The lowest BCUT2D eigenvalue weighted by Gasteiger charge is -2.37. The first-order valence-corrected chi connectivity index (χ1v) is 14.2. The normalized spacial score (nSPS) is 24.5. The number of nitrogens with one attached hydrogen (secondary N) is 3. The lowest BCUT2D eigenvalue weighted by molar-refractivity contribution is -0.151. The Morgan fingerprint density at radius 1 is 1.17 bits per heavy atom. The molecule has 0 spiro atoms. The second-order valence-electron chi connectivity index (χ2n) is 12.0. The number of urea groups is 1. The van der Waals surface area contributed by atoms with Gasteiger partial charge in [-0.2, -0.15) is 13.2 Å². The minimum absolute atomic E-state index is 0.00634. The summed E-state index contributed by atoms with van der Waals surface area (Å²) in [5.41, 5.74) is 1.53. The molecule has 0 bridgehead atoms. The van der Waals surface area contributed by atoms with Gasteiger partial charge in [-0.25, -0.2) is 9.42 Å². The number of aromatic nitrogens is 2. The molecule has 3 fully saturated rings. The Bertz CT molecular complexity index is 1380. The van der Waals surface area contributed by atoms with Crippen molar-refractivity contribution in [2.75, 3.05) is 25.6 Å². The van der Waals surface area contributed by atoms with E-state index in [1.165, 1.54) is 12.0 Å². The van der Waals surface area contributed by atoms with E-state index in [0.717, 1.165) is 36.8 Å². The SMILES string of the molecule is COCC1(N2CC(C(F)(F)F)NC2=O)Cc2ccc(NC(=O)[C@@H](NC(=O)c3nonc3C)C(C3CC3)C3CC3)cc2C1. The molecule has 2 aromatic rings. The Labute approximate surface area is 239 Å². The van der Waals surface area contributed by atoms with E-state index in [2.05, 4.69) is 25.6 Å². The van der Waals surface area contributed by atoms with Gasteiger partial charge in [-0.05, 0) is 91.6 Å². The van der Waals surface area contributed by atoms with Crippen LogP contribution < -0.4 is 16.0 Å². The van der Waals surface area contributed by atoms with Gasteiger partial charge < -0.3 is 25.6 Å². The van der Waals surface area contributed by atoms with Crippen molar-refractivity contribution in [1.82, 2.24) is 25.8 Å². The van der Waals surface area contributed by atoms with Gasteiger partial charge >= 0.3 is 12.2 Å². The van der Waals surface area contributed by atoms with Crippen LogP contribution in [0.4, 0.5) is 23.7 Å².